The number of cyclic esters (lactones) is 1. The largest absolute Gasteiger partial charge is 0.422 e. The lowest BCUT2D eigenvalue weighted by atomic mass is 10.0. The van der Waals surface area contributed by atoms with E-state index in [0.717, 1.165) is 16.7 Å². The number of benzene rings is 2. The van der Waals surface area contributed by atoms with E-state index in [9.17, 15) is 4.79 Å². The summed E-state index contributed by atoms with van der Waals surface area (Å²) < 4.78 is 5.37. The molecule has 1 heterocycles. The van der Waals surface area contributed by atoms with Crippen molar-refractivity contribution in [1.82, 2.24) is 0 Å². The third-order valence-electron chi connectivity index (χ3n) is 3.32. The van der Waals surface area contributed by atoms with Gasteiger partial charge in [-0.3, -0.25) is 0 Å². The molecule has 94 valence electrons. The summed E-state index contributed by atoms with van der Waals surface area (Å²) in [4.78, 5) is 11.9. The fourth-order valence-electron chi connectivity index (χ4n) is 2.27. The molecule has 19 heavy (non-hydrogen) atoms. The summed E-state index contributed by atoms with van der Waals surface area (Å²) >= 11 is 0. The molecular formula is C17H14O2. The normalized spacial score (nSPS) is 15.5. The van der Waals surface area contributed by atoms with Gasteiger partial charge in [0.1, 0.15) is 5.76 Å². The number of hydrogen-bond acceptors (Lipinski definition) is 2. The minimum atomic E-state index is -0.258. The Hall–Kier alpha value is -2.35. The second kappa shape index (κ2) is 4.39. The van der Waals surface area contributed by atoms with Crippen molar-refractivity contribution >= 4 is 17.8 Å². The number of fused-ring (bicyclic) bond motifs is 1. The molecule has 0 bridgehead atoms. The summed E-state index contributed by atoms with van der Waals surface area (Å²) in [5.74, 6) is 0.374. The molecule has 2 heteroatoms. The third-order valence-corrected chi connectivity index (χ3v) is 3.32. The van der Waals surface area contributed by atoms with Gasteiger partial charge in [-0.05, 0) is 31.1 Å². The number of rotatable bonds is 1. The molecule has 0 unspecified atom stereocenters. The molecule has 0 saturated heterocycles. The molecule has 0 amide bonds. The first kappa shape index (κ1) is 11.7. The molecular weight excluding hydrogens is 236 g/mol. The summed E-state index contributed by atoms with van der Waals surface area (Å²) in [5.41, 5.74) is 4.76. The van der Waals surface area contributed by atoms with Crippen LogP contribution in [0, 0.1) is 13.8 Å². The van der Waals surface area contributed by atoms with Gasteiger partial charge in [-0.15, -0.1) is 0 Å². The van der Waals surface area contributed by atoms with E-state index >= 15 is 0 Å². The molecule has 1 aliphatic rings. The Morgan fingerprint density at radius 2 is 1.74 bits per heavy atom. The maximum absolute atomic E-state index is 11.9. The van der Waals surface area contributed by atoms with Crippen molar-refractivity contribution in [1.29, 1.82) is 0 Å². The van der Waals surface area contributed by atoms with E-state index in [2.05, 4.69) is 0 Å². The predicted octanol–water partition coefficient (Wildman–Crippen LogP) is 3.97. The molecule has 0 saturated carbocycles. The van der Waals surface area contributed by atoms with Crippen molar-refractivity contribution in [3.8, 4) is 0 Å². The van der Waals surface area contributed by atoms with Crippen LogP contribution in [0.25, 0.3) is 11.8 Å². The standard InChI is InChI=1S/C17H14O2/c1-11-6-8-13(9-7-11)10-15-14-5-3-4-12(2)16(14)17(18)19-15/h3-10H,1-2H3/b15-10-. The molecule has 2 aromatic rings. The van der Waals surface area contributed by atoms with Crippen LogP contribution < -0.4 is 0 Å². The average molecular weight is 250 g/mol. The van der Waals surface area contributed by atoms with Gasteiger partial charge in [-0.1, -0.05) is 48.0 Å². The van der Waals surface area contributed by atoms with Crippen LogP contribution in [0.3, 0.4) is 0 Å². The number of carbonyl (C=O) groups is 1. The van der Waals surface area contributed by atoms with Crippen LogP contribution in [0.5, 0.6) is 0 Å². The second-order valence-electron chi connectivity index (χ2n) is 4.81. The minimum absolute atomic E-state index is 0.258. The summed E-state index contributed by atoms with van der Waals surface area (Å²) in [7, 11) is 0. The smallest absolute Gasteiger partial charge is 0.344 e. The molecule has 1 aliphatic heterocycles. The monoisotopic (exact) mass is 250 g/mol. The van der Waals surface area contributed by atoms with E-state index in [1.807, 2.05) is 62.4 Å². The van der Waals surface area contributed by atoms with Gasteiger partial charge >= 0.3 is 5.97 Å². The zero-order valence-electron chi connectivity index (χ0n) is 10.9. The van der Waals surface area contributed by atoms with Crippen LogP contribution in [-0.2, 0) is 4.74 Å². The van der Waals surface area contributed by atoms with Crippen LogP contribution >= 0.6 is 0 Å². The maximum atomic E-state index is 11.9. The van der Waals surface area contributed by atoms with Crippen molar-refractivity contribution in [3.05, 3.63) is 70.3 Å². The highest BCUT2D eigenvalue weighted by molar-refractivity contribution is 6.06. The number of carbonyl (C=O) groups excluding carboxylic acids is 1. The summed E-state index contributed by atoms with van der Waals surface area (Å²) in [6, 6.07) is 13.9. The van der Waals surface area contributed by atoms with E-state index in [-0.39, 0.29) is 5.97 Å². The molecule has 0 radical (unpaired) electrons. The molecule has 0 atom stereocenters. The van der Waals surface area contributed by atoms with Gasteiger partial charge in [0, 0.05) is 5.56 Å². The highest BCUT2D eigenvalue weighted by atomic mass is 16.5. The molecule has 0 aromatic heterocycles. The van der Waals surface area contributed by atoms with E-state index in [1.165, 1.54) is 5.56 Å². The maximum Gasteiger partial charge on any atom is 0.344 e. The van der Waals surface area contributed by atoms with Crippen LogP contribution in [-0.4, -0.2) is 5.97 Å². The lowest BCUT2D eigenvalue weighted by Gasteiger charge is -2.00. The predicted molar refractivity (Wildman–Crippen MR) is 75.6 cm³/mol. The van der Waals surface area contributed by atoms with E-state index in [4.69, 9.17) is 4.74 Å². The van der Waals surface area contributed by atoms with Crippen LogP contribution in [0.15, 0.2) is 42.5 Å². The quantitative estimate of drug-likeness (QED) is 0.716. The van der Waals surface area contributed by atoms with E-state index in [0.29, 0.717) is 11.3 Å². The number of esters is 1. The molecule has 0 N–H and O–H groups in total. The van der Waals surface area contributed by atoms with Gasteiger partial charge in [0.25, 0.3) is 0 Å². The highest BCUT2D eigenvalue weighted by Crippen LogP contribution is 2.33. The summed E-state index contributed by atoms with van der Waals surface area (Å²) in [6.45, 7) is 3.97. The van der Waals surface area contributed by atoms with Gasteiger partial charge in [0.05, 0.1) is 5.56 Å². The minimum Gasteiger partial charge on any atom is -0.422 e. The Kier molecular flexibility index (Phi) is 2.71. The Bertz CT molecular complexity index is 679. The van der Waals surface area contributed by atoms with Gasteiger partial charge in [-0.25, -0.2) is 4.79 Å². The first-order chi connectivity index (χ1) is 9.15. The lowest BCUT2D eigenvalue weighted by molar-refractivity contribution is 0.0716. The second-order valence-corrected chi connectivity index (χ2v) is 4.81. The van der Waals surface area contributed by atoms with Gasteiger partial charge in [-0.2, -0.15) is 0 Å². The van der Waals surface area contributed by atoms with Crippen LogP contribution in [0.4, 0.5) is 0 Å². The Labute approximate surface area is 112 Å². The van der Waals surface area contributed by atoms with Gasteiger partial charge in [0.2, 0.25) is 0 Å². The topological polar surface area (TPSA) is 26.3 Å². The van der Waals surface area contributed by atoms with E-state index < -0.39 is 0 Å². The first-order valence-electron chi connectivity index (χ1n) is 6.26. The van der Waals surface area contributed by atoms with Crippen molar-refractivity contribution in [3.63, 3.8) is 0 Å². The molecule has 2 aromatic carbocycles. The molecule has 3 rings (SSSR count). The number of ether oxygens (including phenoxy) is 1. The lowest BCUT2D eigenvalue weighted by Crippen LogP contribution is -1.96. The van der Waals surface area contributed by atoms with Gasteiger partial charge < -0.3 is 4.74 Å². The number of aryl methyl sites for hydroxylation is 2. The summed E-state index contributed by atoms with van der Waals surface area (Å²) in [5, 5.41) is 0. The van der Waals surface area contributed by atoms with Crippen LogP contribution in [0.2, 0.25) is 0 Å². The first-order valence-corrected chi connectivity index (χ1v) is 6.26. The van der Waals surface area contributed by atoms with Gasteiger partial charge in [0.15, 0.2) is 0 Å². The SMILES string of the molecule is Cc1ccc(/C=C2\OC(=O)c3c(C)cccc32)cc1. The Morgan fingerprint density at radius 1 is 1.00 bits per heavy atom. The molecule has 2 nitrogen and oxygen atoms in total. The van der Waals surface area contributed by atoms with Crippen molar-refractivity contribution in [2.75, 3.05) is 0 Å². The third kappa shape index (κ3) is 2.06. The Balaban J connectivity index is 2.08. The number of hydrogen-bond donors (Lipinski definition) is 0. The zero-order chi connectivity index (χ0) is 13.4. The van der Waals surface area contributed by atoms with Crippen molar-refractivity contribution in [2.24, 2.45) is 0 Å². The highest BCUT2D eigenvalue weighted by Gasteiger charge is 2.27. The summed E-state index contributed by atoms with van der Waals surface area (Å²) in [6.07, 6.45) is 1.91. The van der Waals surface area contributed by atoms with Crippen LogP contribution in [0.1, 0.15) is 32.6 Å². The molecule has 0 fully saturated rings. The fraction of sp³-hybridized carbons (Fsp3) is 0.118. The van der Waals surface area contributed by atoms with E-state index in [1.54, 1.807) is 0 Å². The zero-order valence-corrected chi connectivity index (χ0v) is 10.9. The van der Waals surface area contributed by atoms with Crippen molar-refractivity contribution in [2.45, 2.75) is 13.8 Å². The Morgan fingerprint density at radius 3 is 2.47 bits per heavy atom. The fourth-order valence-corrected chi connectivity index (χ4v) is 2.27. The van der Waals surface area contributed by atoms with Crippen molar-refractivity contribution < 1.29 is 9.53 Å². The molecule has 0 spiro atoms. The molecule has 0 aliphatic carbocycles. The average Bonchev–Trinajstić information content (AvgIpc) is 2.70.